The molecule has 0 fully saturated rings. The first kappa shape index (κ1) is 11.5. The number of nitrogens with two attached hydrogens (primary N) is 1. The van der Waals surface area contributed by atoms with Crippen LogP contribution in [0.15, 0.2) is 36.5 Å². The molecule has 0 saturated heterocycles. The molecule has 0 aromatic heterocycles. The Morgan fingerprint density at radius 2 is 1.69 bits per heavy atom. The molecule has 0 bridgehead atoms. The SMILES string of the molecule is C=C(/C=C\C(=C)C(F)(F)F)C(N)=O. The predicted octanol–water partition coefficient (Wildman–Crippen LogP) is 1.70. The highest BCUT2D eigenvalue weighted by atomic mass is 19.4. The summed E-state index contributed by atoms with van der Waals surface area (Å²) < 4.78 is 35.4. The van der Waals surface area contributed by atoms with Gasteiger partial charge in [-0.15, -0.1) is 0 Å². The number of hydrogen-bond donors (Lipinski definition) is 1. The van der Waals surface area contributed by atoms with Crippen molar-refractivity contribution in [1.82, 2.24) is 0 Å². The second-order valence-corrected chi connectivity index (χ2v) is 2.25. The Morgan fingerprint density at radius 1 is 1.23 bits per heavy atom. The maximum atomic E-state index is 11.8. The zero-order chi connectivity index (χ0) is 10.6. The summed E-state index contributed by atoms with van der Waals surface area (Å²) in [5.41, 5.74) is 3.47. The van der Waals surface area contributed by atoms with Crippen molar-refractivity contribution in [2.75, 3.05) is 0 Å². The molecule has 0 heterocycles. The highest BCUT2D eigenvalue weighted by Gasteiger charge is 2.29. The van der Waals surface area contributed by atoms with Gasteiger partial charge in [0.25, 0.3) is 0 Å². The molecular formula is C8H8F3NO. The van der Waals surface area contributed by atoms with E-state index in [9.17, 15) is 18.0 Å². The first-order chi connectivity index (χ1) is 5.75. The smallest absolute Gasteiger partial charge is 0.366 e. The van der Waals surface area contributed by atoms with Gasteiger partial charge < -0.3 is 5.73 Å². The van der Waals surface area contributed by atoms with E-state index in [1.54, 1.807) is 0 Å². The van der Waals surface area contributed by atoms with Crippen LogP contribution in [0.1, 0.15) is 0 Å². The summed E-state index contributed by atoms with van der Waals surface area (Å²) in [5.74, 6) is -0.869. The topological polar surface area (TPSA) is 43.1 Å². The van der Waals surface area contributed by atoms with Crippen molar-refractivity contribution in [3.05, 3.63) is 36.5 Å². The average molecular weight is 191 g/mol. The monoisotopic (exact) mass is 191 g/mol. The summed E-state index contributed by atoms with van der Waals surface area (Å²) in [7, 11) is 0. The molecule has 0 atom stereocenters. The molecule has 0 aliphatic heterocycles. The number of rotatable bonds is 3. The lowest BCUT2D eigenvalue weighted by molar-refractivity contribution is -0.114. The van der Waals surface area contributed by atoms with Gasteiger partial charge in [-0.3, -0.25) is 4.79 Å². The minimum atomic E-state index is -4.49. The highest BCUT2D eigenvalue weighted by molar-refractivity contribution is 5.94. The minimum Gasteiger partial charge on any atom is -0.366 e. The van der Waals surface area contributed by atoms with E-state index in [1.807, 2.05) is 0 Å². The normalized spacial score (nSPS) is 11.6. The lowest BCUT2D eigenvalue weighted by Crippen LogP contribution is -2.12. The van der Waals surface area contributed by atoms with Crippen molar-refractivity contribution in [3.8, 4) is 0 Å². The summed E-state index contributed by atoms with van der Waals surface area (Å²) in [4.78, 5) is 10.3. The van der Waals surface area contributed by atoms with E-state index in [1.165, 1.54) is 0 Å². The molecule has 0 aliphatic carbocycles. The molecule has 13 heavy (non-hydrogen) atoms. The van der Waals surface area contributed by atoms with Crippen molar-refractivity contribution in [2.45, 2.75) is 6.18 Å². The third-order valence-electron chi connectivity index (χ3n) is 1.17. The second kappa shape index (κ2) is 3.93. The standard InChI is InChI=1S/C8H8F3NO/c1-5(7(12)13)3-4-6(2)8(9,10)11/h3-4H,1-2H2,(H2,12,13)/b4-3-. The Morgan fingerprint density at radius 3 is 2.00 bits per heavy atom. The summed E-state index contributed by atoms with van der Waals surface area (Å²) in [5, 5.41) is 0. The van der Waals surface area contributed by atoms with E-state index in [0.29, 0.717) is 6.08 Å². The Kier molecular flexibility index (Phi) is 3.47. The van der Waals surface area contributed by atoms with Gasteiger partial charge in [0.15, 0.2) is 0 Å². The summed E-state index contributed by atoms with van der Waals surface area (Å²) in [6.45, 7) is 5.89. The summed E-state index contributed by atoms with van der Waals surface area (Å²) >= 11 is 0. The molecule has 0 aromatic rings. The fourth-order valence-corrected chi connectivity index (χ4v) is 0.378. The number of carbonyl (C=O) groups excluding carboxylic acids is 1. The molecular weight excluding hydrogens is 183 g/mol. The molecule has 1 amide bonds. The van der Waals surface area contributed by atoms with Gasteiger partial charge in [0.05, 0.1) is 0 Å². The quantitative estimate of drug-likeness (QED) is 0.535. The van der Waals surface area contributed by atoms with Gasteiger partial charge in [-0.05, 0) is 12.2 Å². The van der Waals surface area contributed by atoms with Gasteiger partial charge in [-0.25, -0.2) is 0 Å². The maximum absolute atomic E-state index is 11.8. The first-order valence-electron chi connectivity index (χ1n) is 3.18. The molecule has 0 radical (unpaired) electrons. The number of halogens is 3. The predicted molar refractivity (Wildman–Crippen MR) is 42.7 cm³/mol. The number of primary amides is 1. The average Bonchev–Trinajstić information content (AvgIpc) is 1.97. The summed E-state index contributed by atoms with van der Waals surface area (Å²) in [6.07, 6.45) is -2.97. The molecule has 2 nitrogen and oxygen atoms in total. The van der Waals surface area contributed by atoms with Crippen molar-refractivity contribution in [1.29, 1.82) is 0 Å². The largest absolute Gasteiger partial charge is 0.415 e. The molecule has 5 heteroatoms. The van der Waals surface area contributed by atoms with E-state index in [2.05, 4.69) is 13.2 Å². The molecule has 2 N–H and O–H groups in total. The second-order valence-electron chi connectivity index (χ2n) is 2.25. The van der Waals surface area contributed by atoms with Crippen molar-refractivity contribution in [3.63, 3.8) is 0 Å². The van der Waals surface area contributed by atoms with Crippen molar-refractivity contribution >= 4 is 5.91 Å². The first-order valence-corrected chi connectivity index (χ1v) is 3.18. The number of alkyl halides is 3. The Bertz CT molecular complexity index is 276. The van der Waals surface area contributed by atoms with Gasteiger partial charge in [0.2, 0.25) is 5.91 Å². The van der Waals surface area contributed by atoms with Crippen LogP contribution >= 0.6 is 0 Å². The fraction of sp³-hybridized carbons (Fsp3) is 0.125. The van der Waals surface area contributed by atoms with E-state index in [4.69, 9.17) is 5.73 Å². The van der Waals surface area contributed by atoms with Crippen LogP contribution in [0.5, 0.6) is 0 Å². The van der Waals surface area contributed by atoms with E-state index in [-0.39, 0.29) is 5.57 Å². The molecule has 0 aliphatic rings. The molecule has 0 aromatic carbocycles. The van der Waals surface area contributed by atoms with Crippen LogP contribution in [0.4, 0.5) is 13.2 Å². The molecule has 0 unspecified atom stereocenters. The lowest BCUT2D eigenvalue weighted by atomic mass is 10.2. The van der Waals surface area contributed by atoms with Crippen molar-refractivity contribution < 1.29 is 18.0 Å². The van der Waals surface area contributed by atoms with Crippen LogP contribution in [0.25, 0.3) is 0 Å². The third-order valence-corrected chi connectivity index (χ3v) is 1.17. The minimum absolute atomic E-state index is 0.203. The van der Waals surface area contributed by atoms with Crippen LogP contribution in [-0.4, -0.2) is 12.1 Å². The number of hydrogen-bond acceptors (Lipinski definition) is 1. The zero-order valence-electron chi connectivity index (χ0n) is 6.69. The number of allylic oxidation sites excluding steroid dienone is 2. The van der Waals surface area contributed by atoms with E-state index < -0.39 is 17.7 Å². The zero-order valence-corrected chi connectivity index (χ0v) is 6.69. The van der Waals surface area contributed by atoms with Crippen LogP contribution < -0.4 is 5.73 Å². The van der Waals surface area contributed by atoms with Crippen LogP contribution in [0, 0.1) is 0 Å². The number of amides is 1. The van der Waals surface area contributed by atoms with Gasteiger partial charge >= 0.3 is 6.18 Å². The van der Waals surface area contributed by atoms with E-state index in [0.717, 1.165) is 6.08 Å². The van der Waals surface area contributed by atoms with Gasteiger partial charge in [0, 0.05) is 11.1 Å². The Labute approximate surface area is 73.2 Å². The fourth-order valence-electron chi connectivity index (χ4n) is 0.378. The van der Waals surface area contributed by atoms with Crippen molar-refractivity contribution in [2.24, 2.45) is 5.73 Å². The summed E-state index contributed by atoms with van der Waals surface area (Å²) in [6, 6.07) is 0. The molecule has 72 valence electrons. The van der Waals surface area contributed by atoms with Gasteiger partial charge in [-0.2, -0.15) is 13.2 Å². The van der Waals surface area contributed by atoms with Gasteiger partial charge in [-0.1, -0.05) is 13.2 Å². The number of carbonyl (C=O) groups is 1. The Balaban J connectivity index is 4.39. The lowest BCUT2D eigenvalue weighted by Gasteiger charge is -2.04. The van der Waals surface area contributed by atoms with Crippen LogP contribution in [-0.2, 0) is 4.79 Å². The van der Waals surface area contributed by atoms with Gasteiger partial charge in [0.1, 0.15) is 0 Å². The highest BCUT2D eigenvalue weighted by Crippen LogP contribution is 2.24. The third kappa shape index (κ3) is 4.15. The molecule has 0 saturated carbocycles. The maximum Gasteiger partial charge on any atom is 0.415 e. The van der Waals surface area contributed by atoms with Crippen LogP contribution in [0.2, 0.25) is 0 Å². The van der Waals surface area contributed by atoms with E-state index >= 15 is 0 Å². The molecule has 0 spiro atoms. The van der Waals surface area contributed by atoms with Crippen LogP contribution in [0.3, 0.4) is 0 Å². The Hall–Kier alpha value is -1.52. The molecule has 0 rings (SSSR count).